The molecule has 4 rings (SSSR count). The highest BCUT2D eigenvalue weighted by molar-refractivity contribution is 5.90. The van der Waals surface area contributed by atoms with Gasteiger partial charge in [0.2, 0.25) is 5.91 Å². The Morgan fingerprint density at radius 1 is 0.897 bits per heavy atom. The number of hydrogen-bond acceptors (Lipinski definition) is 3. The average molecular weight is 399 g/mol. The third kappa shape index (κ3) is 4.74. The van der Waals surface area contributed by atoms with Crippen LogP contribution in [-0.4, -0.2) is 71.9 Å². The number of likely N-dealkylation sites (tertiary alicyclic amines) is 3. The fourth-order valence-corrected chi connectivity index (χ4v) is 5.08. The van der Waals surface area contributed by atoms with Crippen LogP contribution in [0.4, 0.5) is 10.5 Å². The summed E-state index contributed by atoms with van der Waals surface area (Å²) in [5.41, 5.74) is 1.97. The second-order valence-electron chi connectivity index (χ2n) is 8.83. The van der Waals surface area contributed by atoms with E-state index in [4.69, 9.17) is 0 Å². The van der Waals surface area contributed by atoms with E-state index in [0.29, 0.717) is 11.9 Å². The van der Waals surface area contributed by atoms with Crippen molar-refractivity contribution < 1.29 is 9.59 Å². The Bertz CT molecular complexity index is 723. The van der Waals surface area contributed by atoms with Crippen LogP contribution in [0.3, 0.4) is 0 Å². The summed E-state index contributed by atoms with van der Waals surface area (Å²) in [6.45, 7) is 7.46. The number of carbonyl (C=O) groups excluding carboxylic acids is 2. The number of carbonyl (C=O) groups is 2. The zero-order valence-electron chi connectivity index (χ0n) is 17.6. The molecule has 1 aromatic rings. The fraction of sp³-hybridized carbons (Fsp3) is 0.652. The van der Waals surface area contributed by atoms with E-state index in [-0.39, 0.29) is 11.9 Å². The van der Waals surface area contributed by atoms with Crippen LogP contribution in [0.25, 0.3) is 0 Å². The average Bonchev–Trinajstić information content (AvgIpc) is 3.30. The molecule has 1 atom stereocenters. The van der Waals surface area contributed by atoms with Gasteiger partial charge in [-0.05, 0) is 63.6 Å². The predicted octanol–water partition coefficient (Wildman–Crippen LogP) is 3.33. The highest BCUT2D eigenvalue weighted by Crippen LogP contribution is 2.26. The van der Waals surface area contributed by atoms with Crippen molar-refractivity contribution in [1.29, 1.82) is 0 Å². The van der Waals surface area contributed by atoms with E-state index in [9.17, 15) is 9.59 Å². The van der Waals surface area contributed by atoms with Crippen molar-refractivity contribution in [1.82, 2.24) is 14.7 Å². The van der Waals surface area contributed by atoms with Crippen LogP contribution >= 0.6 is 0 Å². The molecule has 0 aliphatic carbocycles. The van der Waals surface area contributed by atoms with E-state index in [1.54, 1.807) is 0 Å². The number of nitrogens with one attached hydrogen (secondary N) is 1. The molecule has 3 aliphatic heterocycles. The van der Waals surface area contributed by atoms with Crippen LogP contribution in [0.2, 0.25) is 0 Å². The largest absolute Gasteiger partial charge is 0.342 e. The van der Waals surface area contributed by atoms with Gasteiger partial charge in [-0.1, -0.05) is 18.2 Å². The van der Waals surface area contributed by atoms with Crippen molar-refractivity contribution in [3.8, 4) is 0 Å². The van der Waals surface area contributed by atoms with Crippen LogP contribution in [-0.2, 0) is 4.79 Å². The van der Waals surface area contributed by atoms with Crippen molar-refractivity contribution in [2.75, 3.05) is 44.6 Å². The summed E-state index contributed by atoms with van der Waals surface area (Å²) >= 11 is 0. The van der Waals surface area contributed by atoms with Crippen LogP contribution in [0.15, 0.2) is 24.3 Å². The van der Waals surface area contributed by atoms with Crippen molar-refractivity contribution in [3.63, 3.8) is 0 Å². The summed E-state index contributed by atoms with van der Waals surface area (Å²) in [6.07, 6.45) is 6.44. The second-order valence-corrected chi connectivity index (χ2v) is 8.83. The van der Waals surface area contributed by atoms with Gasteiger partial charge in [0, 0.05) is 44.5 Å². The monoisotopic (exact) mass is 398 g/mol. The Hall–Kier alpha value is -2.08. The molecule has 0 spiro atoms. The van der Waals surface area contributed by atoms with Gasteiger partial charge >= 0.3 is 6.03 Å². The van der Waals surface area contributed by atoms with Gasteiger partial charge in [-0.15, -0.1) is 0 Å². The number of nitrogens with zero attached hydrogens (tertiary/aromatic N) is 3. The molecule has 3 heterocycles. The third-order valence-corrected chi connectivity index (χ3v) is 6.87. The molecule has 0 radical (unpaired) electrons. The third-order valence-electron chi connectivity index (χ3n) is 6.87. The molecular formula is C23H34N4O2. The number of rotatable bonds is 3. The Labute approximate surface area is 174 Å². The van der Waals surface area contributed by atoms with Gasteiger partial charge in [-0.2, -0.15) is 0 Å². The maximum atomic E-state index is 12.8. The maximum absolute atomic E-state index is 12.8. The highest BCUT2D eigenvalue weighted by Gasteiger charge is 2.34. The first-order valence-corrected chi connectivity index (χ1v) is 11.3. The molecule has 0 bridgehead atoms. The van der Waals surface area contributed by atoms with Crippen LogP contribution in [0.5, 0.6) is 0 Å². The van der Waals surface area contributed by atoms with Gasteiger partial charge in [0.05, 0.1) is 5.92 Å². The summed E-state index contributed by atoms with van der Waals surface area (Å²) < 4.78 is 0. The zero-order valence-corrected chi connectivity index (χ0v) is 17.6. The maximum Gasteiger partial charge on any atom is 0.321 e. The number of amides is 3. The summed E-state index contributed by atoms with van der Waals surface area (Å²) in [5, 5.41) is 3.05. The van der Waals surface area contributed by atoms with Gasteiger partial charge in [0.25, 0.3) is 0 Å². The second kappa shape index (κ2) is 9.16. The van der Waals surface area contributed by atoms with E-state index < -0.39 is 0 Å². The molecule has 0 unspecified atom stereocenters. The van der Waals surface area contributed by atoms with Gasteiger partial charge in [-0.25, -0.2) is 4.79 Å². The first kappa shape index (κ1) is 20.2. The van der Waals surface area contributed by atoms with Crippen LogP contribution < -0.4 is 5.32 Å². The lowest BCUT2D eigenvalue weighted by molar-refractivity contribution is -0.136. The van der Waals surface area contributed by atoms with Crippen molar-refractivity contribution in [2.45, 2.75) is 51.5 Å². The first-order chi connectivity index (χ1) is 14.1. The number of anilines is 1. The minimum atomic E-state index is -0.00141. The molecular weight excluding hydrogens is 364 g/mol. The van der Waals surface area contributed by atoms with Crippen molar-refractivity contribution in [2.24, 2.45) is 5.92 Å². The van der Waals surface area contributed by atoms with Crippen molar-refractivity contribution >= 4 is 17.6 Å². The highest BCUT2D eigenvalue weighted by atomic mass is 16.2. The lowest BCUT2D eigenvalue weighted by Gasteiger charge is -2.42. The number of urea groups is 1. The predicted molar refractivity (Wildman–Crippen MR) is 115 cm³/mol. The number of benzene rings is 1. The number of piperidine rings is 2. The zero-order chi connectivity index (χ0) is 20.2. The summed E-state index contributed by atoms with van der Waals surface area (Å²) in [6, 6.07) is 8.38. The first-order valence-electron chi connectivity index (χ1n) is 11.3. The minimum Gasteiger partial charge on any atom is -0.342 e. The van der Waals surface area contributed by atoms with Gasteiger partial charge in [-0.3, -0.25) is 9.69 Å². The number of aryl methyl sites for hydroxylation is 1. The molecule has 6 nitrogen and oxygen atoms in total. The molecule has 3 aliphatic rings. The van der Waals surface area contributed by atoms with Gasteiger partial charge < -0.3 is 15.1 Å². The number of hydrogen-bond donors (Lipinski definition) is 1. The molecule has 29 heavy (non-hydrogen) atoms. The normalized spacial score (nSPS) is 24.0. The van der Waals surface area contributed by atoms with Gasteiger partial charge in [0.15, 0.2) is 0 Å². The molecule has 1 aromatic carbocycles. The smallest absolute Gasteiger partial charge is 0.321 e. The molecule has 0 saturated carbocycles. The molecule has 3 amide bonds. The van der Waals surface area contributed by atoms with Crippen molar-refractivity contribution in [3.05, 3.63) is 29.8 Å². The molecule has 3 fully saturated rings. The lowest BCUT2D eigenvalue weighted by Crippen LogP contribution is -2.52. The molecule has 3 saturated heterocycles. The quantitative estimate of drug-likeness (QED) is 0.850. The van der Waals surface area contributed by atoms with Gasteiger partial charge in [0.1, 0.15) is 0 Å². The minimum absolute atomic E-state index is 0.00141. The Morgan fingerprint density at radius 2 is 1.62 bits per heavy atom. The molecule has 1 N–H and O–H groups in total. The molecule has 0 aromatic heterocycles. The van der Waals surface area contributed by atoms with E-state index in [1.807, 2.05) is 36.1 Å². The fourth-order valence-electron chi connectivity index (χ4n) is 5.08. The van der Waals surface area contributed by atoms with Crippen LogP contribution in [0.1, 0.15) is 44.1 Å². The summed E-state index contributed by atoms with van der Waals surface area (Å²) in [7, 11) is 0. The van der Waals surface area contributed by atoms with E-state index >= 15 is 0 Å². The van der Waals surface area contributed by atoms with E-state index in [2.05, 4.69) is 15.1 Å². The van der Waals surface area contributed by atoms with E-state index in [0.717, 1.165) is 89.0 Å². The SMILES string of the molecule is Cc1ccccc1NC(=O)N1CCC(N2CCC[C@@H](C(=O)N3CCCC3)C2)CC1. The van der Waals surface area contributed by atoms with E-state index in [1.165, 1.54) is 0 Å². The molecule has 6 heteroatoms. The Kier molecular flexibility index (Phi) is 6.38. The molecule has 158 valence electrons. The number of para-hydroxylation sites is 1. The van der Waals surface area contributed by atoms with Crippen LogP contribution in [0, 0.1) is 12.8 Å². The topological polar surface area (TPSA) is 55.9 Å². The summed E-state index contributed by atoms with van der Waals surface area (Å²) in [5.74, 6) is 0.548. The standard InChI is InChI=1S/C23H34N4O2/c1-18-7-2-3-9-21(18)24-23(29)26-15-10-20(11-16-26)27-14-6-8-19(17-27)22(28)25-12-4-5-13-25/h2-3,7,9,19-20H,4-6,8,10-17H2,1H3,(H,24,29)/t19-/m1/s1. The Morgan fingerprint density at radius 3 is 2.34 bits per heavy atom. The Balaban J connectivity index is 1.27. The summed E-state index contributed by atoms with van der Waals surface area (Å²) in [4.78, 5) is 32.0. The lowest BCUT2D eigenvalue weighted by atomic mass is 9.93.